The fourth-order valence-corrected chi connectivity index (χ4v) is 2.94. The Hall–Kier alpha value is -2.00. The maximum Gasteiger partial charge on any atom is 0.489 e. The molecule has 20 heavy (non-hydrogen) atoms. The average molecular weight is 280 g/mol. The summed E-state index contributed by atoms with van der Waals surface area (Å²) >= 11 is 0. The number of aliphatic hydroxyl groups excluding tert-OH is 1. The lowest BCUT2D eigenvalue weighted by molar-refractivity contribution is -0.204. The first-order valence-corrected chi connectivity index (χ1v) is 6.26. The fourth-order valence-electron chi connectivity index (χ4n) is 2.94. The van der Waals surface area contributed by atoms with Gasteiger partial charge < -0.3 is 5.11 Å². The van der Waals surface area contributed by atoms with E-state index in [-0.39, 0.29) is 15.8 Å². The molecule has 3 rings (SSSR count). The second-order valence-corrected chi connectivity index (χ2v) is 4.92. The van der Waals surface area contributed by atoms with E-state index in [4.69, 9.17) is 5.26 Å². The lowest BCUT2D eigenvalue weighted by Gasteiger charge is -2.22. The third-order valence-electron chi connectivity index (χ3n) is 3.72. The summed E-state index contributed by atoms with van der Waals surface area (Å²) in [6, 6.07) is 6.06. The Morgan fingerprint density at radius 2 is 2.10 bits per heavy atom. The minimum absolute atomic E-state index is 0.00227. The summed E-state index contributed by atoms with van der Waals surface area (Å²) < 4.78 is 40.1. The first kappa shape index (κ1) is 13.0. The van der Waals surface area contributed by atoms with Gasteiger partial charge in [-0.25, -0.2) is 0 Å². The molecule has 0 spiro atoms. The summed E-state index contributed by atoms with van der Waals surface area (Å²) in [7, 11) is 0. The van der Waals surface area contributed by atoms with Crippen molar-refractivity contribution in [3.63, 3.8) is 0 Å². The van der Waals surface area contributed by atoms with E-state index in [2.05, 4.69) is 0 Å². The van der Waals surface area contributed by atoms with Gasteiger partial charge in [0.15, 0.2) is 0 Å². The van der Waals surface area contributed by atoms with E-state index in [1.807, 2.05) is 6.07 Å². The largest absolute Gasteiger partial charge is 0.489 e. The van der Waals surface area contributed by atoms with Crippen molar-refractivity contribution in [2.24, 2.45) is 0 Å². The molecule has 1 atom stereocenters. The molecule has 0 amide bonds. The molecule has 1 unspecified atom stereocenters. The highest BCUT2D eigenvalue weighted by Gasteiger charge is 2.39. The van der Waals surface area contributed by atoms with Crippen LogP contribution < -0.4 is 0 Å². The highest BCUT2D eigenvalue weighted by molar-refractivity contribution is 5.87. The quantitative estimate of drug-likeness (QED) is 0.804. The number of nitrogens with zero attached hydrogens (tertiary/aromatic N) is 2. The van der Waals surface area contributed by atoms with Crippen molar-refractivity contribution >= 4 is 10.9 Å². The summed E-state index contributed by atoms with van der Waals surface area (Å²) in [5.41, 5.74) is 0.754. The lowest BCUT2D eigenvalue weighted by Crippen LogP contribution is -2.23. The molecule has 1 aromatic heterocycles. The molecular formula is C14H11F3N2O. The normalized spacial score (nSPS) is 18.9. The van der Waals surface area contributed by atoms with E-state index in [1.54, 1.807) is 0 Å². The van der Waals surface area contributed by atoms with Gasteiger partial charge in [0.05, 0.1) is 28.9 Å². The third kappa shape index (κ3) is 1.78. The molecule has 1 heterocycles. The smallest absolute Gasteiger partial charge is 0.387 e. The van der Waals surface area contributed by atoms with E-state index in [0.29, 0.717) is 35.8 Å². The molecule has 1 aliphatic carbocycles. The Labute approximate surface area is 112 Å². The first-order chi connectivity index (χ1) is 9.43. The van der Waals surface area contributed by atoms with Gasteiger partial charge in [0.2, 0.25) is 0 Å². The maximum absolute atomic E-state index is 13.3. The van der Waals surface area contributed by atoms with Gasteiger partial charge in [0.25, 0.3) is 0 Å². The van der Waals surface area contributed by atoms with Crippen LogP contribution in [0.2, 0.25) is 0 Å². The van der Waals surface area contributed by atoms with Crippen LogP contribution in [0.15, 0.2) is 18.2 Å². The van der Waals surface area contributed by atoms with Gasteiger partial charge in [-0.05, 0) is 43.0 Å². The van der Waals surface area contributed by atoms with Gasteiger partial charge in [-0.3, -0.25) is 4.57 Å². The number of fused-ring (bicyclic) bond motifs is 3. The first-order valence-electron chi connectivity index (χ1n) is 6.26. The number of benzene rings is 1. The maximum atomic E-state index is 13.3. The number of aromatic nitrogens is 1. The van der Waals surface area contributed by atoms with Crippen molar-refractivity contribution < 1.29 is 18.3 Å². The molecule has 2 aromatic rings. The van der Waals surface area contributed by atoms with E-state index >= 15 is 0 Å². The molecule has 0 bridgehead atoms. The highest BCUT2D eigenvalue weighted by atomic mass is 19.4. The van der Waals surface area contributed by atoms with Crippen LogP contribution in [-0.2, 0) is 12.7 Å². The molecule has 104 valence electrons. The van der Waals surface area contributed by atoms with Crippen molar-refractivity contribution in [1.82, 2.24) is 4.57 Å². The molecule has 0 saturated carbocycles. The van der Waals surface area contributed by atoms with E-state index < -0.39 is 12.4 Å². The van der Waals surface area contributed by atoms with E-state index in [9.17, 15) is 18.3 Å². The zero-order valence-corrected chi connectivity index (χ0v) is 10.4. The van der Waals surface area contributed by atoms with Gasteiger partial charge in [-0.15, -0.1) is 13.2 Å². The summed E-state index contributed by atoms with van der Waals surface area (Å²) in [4.78, 5) is 0. The average Bonchev–Trinajstić information content (AvgIpc) is 2.73. The monoisotopic (exact) mass is 280 g/mol. The second-order valence-electron chi connectivity index (χ2n) is 4.92. The Morgan fingerprint density at radius 1 is 1.35 bits per heavy atom. The van der Waals surface area contributed by atoms with Gasteiger partial charge in [-0.2, -0.15) is 5.26 Å². The van der Waals surface area contributed by atoms with Crippen LogP contribution in [0.4, 0.5) is 13.2 Å². The number of aliphatic hydroxyl groups is 1. The molecule has 3 nitrogen and oxygen atoms in total. The van der Waals surface area contributed by atoms with Crippen molar-refractivity contribution in [2.45, 2.75) is 31.7 Å². The molecule has 1 aliphatic rings. The molecule has 0 aliphatic heterocycles. The number of aryl methyl sites for hydroxylation is 1. The number of alkyl halides is 3. The number of rotatable bonds is 0. The van der Waals surface area contributed by atoms with E-state index in [0.717, 1.165) is 0 Å². The standard InChI is InChI=1S/C14H11F3N2O/c15-14(16,17)19-11-5-4-8(7-18)6-10(11)9-2-1-3-12(20)13(9)19/h4-6,12,20H,1-3H2. The molecular weight excluding hydrogens is 269 g/mol. The number of nitriles is 1. The van der Waals surface area contributed by atoms with Crippen LogP contribution in [-0.4, -0.2) is 9.67 Å². The Bertz CT molecular complexity index is 725. The van der Waals surface area contributed by atoms with Crippen molar-refractivity contribution in [1.29, 1.82) is 5.26 Å². The summed E-state index contributed by atoms with van der Waals surface area (Å²) in [5.74, 6) is 0. The van der Waals surface area contributed by atoms with Crippen molar-refractivity contribution in [3.8, 4) is 6.07 Å². The highest BCUT2D eigenvalue weighted by Crippen LogP contribution is 2.42. The molecule has 0 fully saturated rings. The Balaban J connectivity index is 2.42. The van der Waals surface area contributed by atoms with Crippen LogP contribution in [0.1, 0.15) is 35.8 Å². The topological polar surface area (TPSA) is 49.0 Å². The molecule has 0 radical (unpaired) electrons. The second kappa shape index (κ2) is 4.25. The van der Waals surface area contributed by atoms with Gasteiger partial charge in [0, 0.05) is 5.39 Å². The SMILES string of the molecule is N#Cc1ccc2c(c1)c1c(n2C(F)(F)F)C(O)CCC1. The lowest BCUT2D eigenvalue weighted by atomic mass is 9.93. The Kier molecular flexibility index (Phi) is 2.76. The van der Waals surface area contributed by atoms with Crippen LogP contribution in [0.5, 0.6) is 0 Å². The van der Waals surface area contributed by atoms with Crippen LogP contribution >= 0.6 is 0 Å². The molecule has 1 aromatic carbocycles. The summed E-state index contributed by atoms with van der Waals surface area (Å²) in [6.07, 6.45) is -4.25. The predicted octanol–water partition coefficient (Wildman–Crippen LogP) is 3.36. The predicted molar refractivity (Wildman–Crippen MR) is 65.8 cm³/mol. The molecule has 1 N–H and O–H groups in total. The zero-order valence-electron chi connectivity index (χ0n) is 10.4. The summed E-state index contributed by atoms with van der Waals surface area (Å²) in [6.45, 7) is 0. The minimum atomic E-state index is -4.59. The fraction of sp³-hybridized carbons (Fsp3) is 0.357. The van der Waals surface area contributed by atoms with Gasteiger partial charge in [0.1, 0.15) is 0 Å². The Morgan fingerprint density at radius 3 is 2.75 bits per heavy atom. The van der Waals surface area contributed by atoms with Crippen LogP contribution in [0.25, 0.3) is 10.9 Å². The van der Waals surface area contributed by atoms with Crippen LogP contribution in [0.3, 0.4) is 0 Å². The van der Waals surface area contributed by atoms with Crippen molar-refractivity contribution in [3.05, 3.63) is 35.0 Å². The van der Waals surface area contributed by atoms with E-state index in [1.165, 1.54) is 18.2 Å². The zero-order chi connectivity index (χ0) is 14.5. The molecule has 6 heteroatoms. The molecule has 0 saturated heterocycles. The van der Waals surface area contributed by atoms with Gasteiger partial charge >= 0.3 is 6.30 Å². The summed E-state index contributed by atoms with van der Waals surface area (Å²) in [5, 5.41) is 19.3. The minimum Gasteiger partial charge on any atom is -0.387 e. The van der Waals surface area contributed by atoms with Crippen molar-refractivity contribution in [2.75, 3.05) is 0 Å². The van der Waals surface area contributed by atoms with Gasteiger partial charge in [-0.1, -0.05) is 0 Å². The number of halogens is 3. The van der Waals surface area contributed by atoms with Crippen LogP contribution in [0, 0.1) is 11.3 Å². The number of hydrogen-bond acceptors (Lipinski definition) is 2. The third-order valence-corrected chi connectivity index (χ3v) is 3.72. The number of hydrogen-bond donors (Lipinski definition) is 1.